The third kappa shape index (κ3) is 1.80. The van der Waals surface area contributed by atoms with Crippen molar-refractivity contribution in [3.63, 3.8) is 0 Å². The van der Waals surface area contributed by atoms with Gasteiger partial charge in [-0.05, 0) is 44.9 Å². The predicted molar refractivity (Wildman–Crippen MR) is 56.6 cm³/mol. The van der Waals surface area contributed by atoms with Crippen molar-refractivity contribution in [1.29, 1.82) is 0 Å². The lowest BCUT2D eigenvalue weighted by molar-refractivity contribution is 0.00555. The van der Waals surface area contributed by atoms with E-state index in [2.05, 4.69) is 27.7 Å². The molecule has 0 aliphatic heterocycles. The number of hydrogen-bond donors (Lipinski definition) is 1. The Kier molecular flexibility index (Phi) is 2.86. The summed E-state index contributed by atoms with van der Waals surface area (Å²) in [5, 5.41) is 9.79. The van der Waals surface area contributed by atoms with Gasteiger partial charge in [0.05, 0.1) is 6.10 Å². The van der Waals surface area contributed by atoms with Gasteiger partial charge in [0.2, 0.25) is 0 Å². The number of aliphatic hydroxyl groups excluding tert-OH is 1. The highest BCUT2D eigenvalue weighted by Crippen LogP contribution is 2.45. The molecule has 3 atom stereocenters. The summed E-state index contributed by atoms with van der Waals surface area (Å²) in [7, 11) is 0. The second kappa shape index (κ2) is 3.45. The van der Waals surface area contributed by atoms with Crippen molar-refractivity contribution in [2.24, 2.45) is 11.3 Å². The van der Waals surface area contributed by atoms with Crippen molar-refractivity contribution in [3.05, 3.63) is 11.1 Å². The Morgan fingerprint density at radius 1 is 1.38 bits per heavy atom. The number of rotatable bonds is 1. The molecule has 0 spiro atoms. The highest BCUT2D eigenvalue weighted by atomic mass is 16.3. The van der Waals surface area contributed by atoms with Gasteiger partial charge in [0.15, 0.2) is 0 Å². The van der Waals surface area contributed by atoms with Gasteiger partial charge in [-0.1, -0.05) is 25.0 Å². The fourth-order valence-corrected chi connectivity index (χ4v) is 2.32. The van der Waals surface area contributed by atoms with Gasteiger partial charge in [-0.2, -0.15) is 0 Å². The summed E-state index contributed by atoms with van der Waals surface area (Å²) < 4.78 is 0. The molecule has 0 aromatic heterocycles. The van der Waals surface area contributed by atoms with Crippen molar-refractivity contribution in [2.75, 3.05) is 0 Å². The van der Waals surface area contributed by atoms with Gasteiger partial charge in [0.25, 0.3) is 0 Å². The van der Waals surface area contributed by atoms with Crippen LogP contribution in [0.5, 0.6) is 0 Å². The van der Waals surface area contributed by atoms with Gasteiger partial charge in [0, 0.05) is 0 Å². The van der Waals surface area contributed by atoms with Crippen LogP contribution in [0.2, 0.25) is 0 Å². The molecule has 0 saturated heterocycles. The van der Waals surface area contributed by atoms with E-state index in [9.17, 15) is 5.11 Å². The second-order valence-corrected chi connectivity index (χ2v) is 5.02. The van der Waals surface area contributed by atoms with E-state index in [1.165, 1.54) is 11.1 Å². The van der Waals surface area contributed by atoms with Crippen molar-refractivity contribution in [1.82, 2.24) is 0 Å². The Balaban J connectivity index is 2.93. The van der Waals surface area contributed by atoms with E-state index in [0.29, 0.717) is 5.92 Å². The molecule has 0 heterocycles. The third-order valence-electron chi connectivity index (χ3n) is 4.07. The topological polar surface area (TPSA) is 20.2 Å². The van der Waals surface area contributed by atoms with Crippen molar-refractivity contribution in [3.8, 4) is 0 Å². The molecule has 1 N–H and O–H groups in total. The Bertz CT molecular complexity index is 227. The monoisotopic (exact) mass is 182 g/mol. The maximum Gasteiger partial charge on any atom is 0.0571 e. The summed E-state index contributed by atoms with van der Waals surface area (Å²) in [6, 6.07) is 0. The molecule has 1 heteroatoms. The van der Waals surface area contributed by atoms with Crippen molar-refractivity contribution < 1.29 is 5.11 Å². The Morgan fingerprint density at radius 3 is 2.38 bits per heavy atom. The highest BCUT2D eigenvalue weighted by molar-refractivity contribution is 5.18. The first kappa shape index (κ1) is 10.8. The molecule has 0 radical (unpaired) electrons. The molecule has 1 nitrogen and oxygen atoms in total. The molecule has 0 aromatic rings. The van der Waals surface area contributed by atoms with E-state index in [1.54, 1.807) is 0 Å². The lowest BCUT2D eigenvalue weighted by Crippen LogP contribution is -2.39. The fourth-order valence-electron chi connectivity index (χ4n) is 2.32. The normalized spacial score (nSPS) is 37.8. The summed E-state index contributed by atoms with van der Waals surface area (Å²) in [6.07, 6.45) is 2.00. The first-order valence-corrected chi connectivity index (χ1v) is 5.21. The molecular formula is C12H22O. The lowest BCUT2D eigenvalue weighted by Gasteiger charge is -2.43. The van der Waals surface area contributed by atoms with Gasteiger partial charge in [-0.15, -0.1) is 0 Å². The van der Waals surface area contributed by atoms with Crippen LogP contribution in [0.4, 0.5) is 0 Å². The molecule has 2 unspecified atom stereocenters. The third-order valence-corrected chi connectivity index (χ3v) is 4.07. The minimum absolute atomic E-state index is 0.0869. The van der Waals surface area contributed by atoms with Crippen LogP contribution in [0.3, 0.4) is 0 Å². The standard InChI is InChI=1S/C12H22O/c1-8-6-10(3)12(5,11(4)13)7-9(8)2/h10-11,13H,6-7H2,1-5H3/t10?,11?,12-/m0/s1. The van der Waals surface area contributed by atoms with Gasteiger partial charge in [0.1, 0.15) is 0 Å². The van der Waals surface area contributed by atoms with Crippen molar-refractivity contribution >= 4 is 0 Å². The molecule has 0 aromatic carbocycles. The number of hydrogen-bond acceptors (Lipinski definition) is 1. The molecule has 0 amide bonds. The van der Waals surface area contributed by atoms with Crippen LogP contribution >= 0.6 is 0 Å². The van der Waals surface area contributed by atoms with E-state index in [0.717, 1.165) is 12.8 Å². The van der Waals surface area contributed by atoms with E-state index in [-0.39, 0.29) is 11.5 Å². The maximum atomic E-state index is 9.79. The summed E-state index contributed by atoms with van der Waals surface area (Å²) in [5.41, 5.74) is 3.08. The summed E-state index contributed by atoms with van der Waals surface area (Å²) in [6.45, 7) is 10.8. The minimum atomic E-state index is -0.203. The molecule has 13 heavy (non-hydrogen) atoms. The molecule has 1 aliphatic rings. The molecule has 0 bridgehead atoms. The first-order chi connectivity index (χ1) is 5.88. The largest absolute Gasteiger partial charge is 0.393 e. The van der Waals surface area contributed by atoms with Crippen molar-refractivity contribution in [2.45, 2.75) is 53.6 Å². The smallest absolute Gasteiger partial charge is 0.0571 e. The summed E-state index contributed by atoms with van der Waals surface area (Å²) in [4.78, 5) is 0. The Labute approximate surface area is 81.9 Å². The van der Waals surface area contributed by atoms with E-state index in [1.807, 2.05) is 6.92 Å². The average Bonchev–Trinajstić information content (AvgIpc) is 2.01. The molecule has 1 aliphatic carbocycles. The fraction of sp³-hybridized carbons (Fsp3) is 0.833. The second-order valence-electron chi connectivity index (χ2n) is 5.02. The minimum Gasteiger partial charge on any atom is -0.393 e. The molecule has 76 valence electrons. The quantitative estimate of drug-likeness (QED) is 0.618. The van der Waals surface area contributed by atoms with Crippen LogP contribution in [0.25, 0.3) is 0 Å². The maximum absolute atomic E-state index is 9.79. The zero-order chi connectivity index (χ0) is 10.2. The van der Waals surface area contributed by atoms with E-state index < -0.39 is 0 Å². The number of allylic oxidation sites excluding steroid dienone is 2. The average molecular weight is 182 g/mol. The highest BCUT2D eigenvalue weighted by Gasteiger charge is 2.38. The van der Waals surface area contributed by atoms with Gasteiger partial charge >= 0.3 is 0 Å². The summed E-state index contributed by atoms with van der Waals surface area (Å²) >= 11 is 0. The van der Waals surface area contributed by atoms with E-state index in [4.69, 9.17) is 0 Å². The SMILES string of the molecule is CC1=C(C)C[C@](C)(C(C)O)C(C)C1. The zero-order valence-corrected chi connectivity index (χ0v) is 9.52. The zero-order valence-electron chi connectivity index (χ0n) is 9.52. The van der Waals surface area contributed by atoms with E-state index >= 15 is 0 Å². The lowest BCUT2D eigenvalue weighted by atomic mass is 9.64. The molecule has 0 saturated carbocycles. The van der Waals surface area contributed by atoms with Crippen LogP contribution < -0.4 is 0 Å². The van der Waals surface area contributed by atoms with Crippen LogP contribution in [0, 0.1) is 11.3 Å². The molecular weight excluding hydrogens is 160 g/mol. The first-order valence-electron chi connectivity index (χ1n) is 5.21. The molecule has 0 fully saturated rings. The van der Waals surface area contributed by atoms with Gasteiger partial charge < -0.3 is 5.11 Å². The summed E-state index contributed by atoms with van der Waals surface area (Å²) in [5.74, 6) is 0.594. The Hall–Kier alpha value is -0.300. The predicted octanol–water partition coefficient (Wildman–Crippen LogP) is 3.14. The van der Waals surface area contributed by atoms with Crippen LogP contribution in [0.1, 0.15) is 47.5 Å². The molecule has 1 rings (SSSR count). The Morgan fingerprint density at radius 2 is 1.92 bits per heavy atom. The van der Waals surface area contributed by atoms with Gasteiger partial charge in [-0.25, -0.2) is 0 Å². The van der Waals surface area contributed by atoms with Crippen LogP contribution in [-0.4, -0.2) is 11.2 Å². The van der Waals surface area contributed by atoms with Crippen LogP contribution in [0.15, 0.2) is 11.1 Å². The number of aliphatic hydroxyl groups is 1. The van der Waals surface area contributed by atoms with Gasteiger partial charge in [-0.3, -0.25) is 0 Å². The van der Waals surface area contributed by atoms with Crippen LogP contribution in [-0.2, 0) is 0 Å².